The van der Waals surface area contributed by atoms with Crippen molar-refractivity contribution in [3.63, 3.8) is 0 Å². The number of aromatic carboxylic acids is 1. The molecular weight excluding hydrogens is 252 g/mol. The summed E-state index contributed by atoms with van der Waals surface area (Å²) in [6.07, 6.45) is 3.94. The van der Waals surface area contributed by atoms with Gasteiger partial charge in [-0.05, 0) is 25.9 Å². The van der Waals surface area contributed by atoms with E-state index in [0.717, 1.165) is 24.6 Å². The quantitative estimate of drug-likeness (QED) is 0.886. The molecule has 2 rings (SSSR count). The van der Waals surface area contributed by atoms with Gasteiger partial charge in [0.25, 0.3) is 0 Å². The maximum atomic E-state index is 10.6. The van der Waals surface area contributed by atoms with E-state index in [1.54, 1.807) is 0 Å². The van der Waals surface area contributed by atoms with Gasteiger partial charge in [-0.25, -0.2) is 9.78 Å². The van der Waals surface area contributed by atoms with Gasteiger partial charge >= 0.3 is 5.97 Å². The van der Waals surface area contributed by atoms with E-state index < -0.39 is 5.97 Å². The third-order valence-corrected chi connectivity index (χ3v) is 3.29. The van der Waals surface area contributed by atoms with Gasteiger partial charge < -0.3 is 10.6 Å². The second kappa shape index (κ2) is 6.80. The minimum Gasteiger partial charge on any atom is -0.477 e. The van der Waals surface area contributed by atoms with Crippen LogP contribution in [-0.2, 0) is 6.54 Å². The molecule has 92 valence electrons. The lowest BCUT2D eigenvalue weighted by Crippen LogP contribution is -2.17. The zero-order valence-electron chi connectivity index (χ0n) is 8.68. The predicted octanol–water partition coefficient (Wildman–Crippen LogP) is 1.03. The van der Waals surface area contributed by atoms with Gasteiger partial charge in [0, 0.05) is 0 Å². The molecule has 0 aromatic carbocycles. The lowest BCUT2D eigenvalue weighted by Gasteiger charge is -2.11. The summed E-state index contributed by atoms with van der Waals surface area (Å²) in [5, 5.41) is 9.62. The first-order valence-electron chi connectivity index (χ1n) is 4.66. The van der Waals surface area contributed by atoms with Gasteiger partial charge in [-0.15, -0.1) is 23.7 Å². The van der Waals surface area contributed by atoms with Crippen molar-refractivity contribution in [1.82, 2.24) is 9.88 Å². The SMILES string of the molecule is Cl.O.O=C(O)c1cnc(CN2CCCC2)s1. The molecule has 0 saturated carbocycles. The lowest BCUT2D eigenvalue weighted by atomic mass is 10.4. The molecule has 0 amide bonds. The molecule has 1 saturated heterocycles. The van der Waals surface area contributed by atoms with Gasteiger partial charge in [0.05, 0.1) is 12.7 Å². The summed E-state index contributed by atoms with van der Waals surface area (Å²) in [7, 11) is 0. The minimum absolute atomic E-state index is 0. The van der Waals surface area contributed by atoms with Crippen molar-refractivity contribution in [2.75, 3.05) is 13.1 Å². The molecule has 1 fully saturated rings. The van der Waals surface area contributed by atoms with E-state index >= 15 is 0 Å². The third kappa shape index (κ3) is 3.71. The molecule has 0 spiro atoms. The van der Waals surface area contributed by atoms with Crippen LogP contribution in [0.1, 0.15) is 27.5 Å². The number of aromatic nitrogens is 1. The topological polar surface area (TPSA) is 84.9 Å². The van der Waals surface area contributed by atoms with Gasteiger partial charge in [0.2, 0.25) is 0 Å². The van der Waals surface area contributed by atoms with Gasteiger partial charge in [-0.3, -0.25) is 4.90 Å². The fraction of sp³-hybridized carbons (Fsp3) is 0.556. The predicted molar refractivity (Wildman–Crippen MR) is 64.4 cm³/mol. The summed E-state index contributed by atoms with van der Waals surface area (Å²) < 4.78 is 0. The molecule has 0 radical (unpaired) electrons. The highest BCUT2D eigenvalue weighted by Gasteiger charge is 2.15. The Balaban J connectivity index is 0.00000112. The Hall–Kier alpha value is -0.690. The van der Waals surface area contributed by atoms with E-state index in [9.17, 15) is 4.79 Å². The summed E-state index contributed by atoms with van der Waals surface area (Å²) in [6.45, 7) is 3.03. The van der Waals surface area contributed by atoms with Crippen LogP contribution in [0.5, 0.6) is 0 Å². The molecule has 1 aliphatic rings. The van der Waals surface area contributed by atoms with Crippen molar-refractivity contribution in [1.29, 1.82) is 0 Å². The molecular formula is C9H15ClN2O3S. The Morgan fingerprint density at radius 3 is 2.62 bits per heavy atom. The molecule has 3 N–H and O–H groups in total. The average Bonchev–Trinajstić information content (AvgIpc) is 2.75. The van der Waals surface area contributed by atoms with Crippen LogP contribution >= 0.6 is 23.7 Å². The standard InChI is InChI=1S/C9H12N2O2S.ClH.H2O/c12-9(13)7-5-10-8(14-7)6-11-3-1-2-4-11;;/h5H,1-4,6H2,(H,12,13);1H;1H2. The molecule has 16 heavy (non-hydrogen) atoms. The molecule has 7 heteroatoms. The fourth-order valence-electron chi connectivity index (χ4n) is 1.61. The van der Waals surface area contributed by atoms with Gasteiger partial charge in [0.1, 0.15) is 9.88 Å². The number of nitrogens with zero attached hydrogens (tertiary/aromatic N) is 2. The van der Waals surface area contributed by atoms with Crippen molar-refractivity contribution >= 4 is 29.7 Å². The van der Waals surface area contributed by atoms with Crippen LogP contribution < -0.4 is 0 Å². The van der Waals surface area contributed by atoms with Crippen LogP contribution in [0.15, 0.2) is 6.20 Å². The smallest absolute Gasteiger partial charge is 0.347 e. The van der Waals surface area contributed by atoms with E-state index in [1.165, 1.54) is 30.4 Å². The highest BCUT2D eigenvalue weighted by Crippen LogP contribution is 2.17. The normalized spacial score (nSPS) is 15.2. The largest absolute Gasteiger partial charge is 0.477 e. The van der Waals surface area contributed by atoms with Crippen molar-refractivity contribution in [2.45, 2.75) is 19.4 Å². The number of likely N-dealkylation sites (tertiary alicyclic amines) is 1. The van der Waals surface area contributed by atoms with E-state index in [2.05, 4.69) is 9.88 Å². The van der Waals surface area contributed by atoms with E-state index in [4.69, 9.17) is 5.11 Å². The van der Waals surface area contributed by atoms with Gasteiger partial charge in [-0.1, -0.05) is 0 Å². The Bertz CT molecular complexity index is 339. The first-order valence-corrected chi connectivity index (χ1v) is 5.48. The summed E-state index contributed by atoms with van der Waals surface area (Å²) in [5.41, 5.74) is 0. The van der Waals surface area contributed by atoms with Crippen molar-refractivity contribution in [3.05, 3.63) is 16.1 Å². The van der Waals surface area contributed by atoms with E-state index in [0.29, 0.717) is 4.88 Å². The second-order valence-corrected chi connectivity index (χ2v) is 4.52. The number of halogens is 1. The number of carboxylic acid groups (broad SMARTS) is 1. The molecule has 0 atom stereocenters. The van der Waals surface area contributed by atoms with Crippen molar-refractivity contribution in [2.24, 2.45) is 0 Å². The average molecular weight is 267 g/mol. The number of hydrogen-bond donors (Lipinski definition) is 1. The highest BCUT2D eigenvalue weighted by atomic mass is 35.5. The second-order valence-electron chi connectivity index (χ2n) is 3.41. The lowest BCUT2D eigenvalue weighted by molar-refractivity contribution is 0.0702. The fourth-order valence-corrected chi connectivity index (χ4v) is 2.41. The maximum absolute atomic E-state index is 10.6. The van der Waals surface area contributed by atoms with Gasteiger partial charge in [-0.2, -0.15) is 0 Å². The Kier molecular flexibility index (Phi) is 6.51. The Morgan fingerprint density at radius 2 is 2.12 bits per heavy atom. The number of carbonyl (C=O) groups is 1. The molecule has 1 aliphatic heterocycles. The highest BCUT2D eigenvalue weighted by molar-refractivity contribution is 7.13. The summed E-state index contributed by atoms with van der Waals surface area (Å²) in [5.74, 6) is -0.879. The van der Waals surface area contributed by atoms with Crippen LogP contribution in [0.3, 0.4) is 0 Å². The third-order valence-electron chi connectivity index (χ3n) is 2.32. The summed E-state index contributed by atoms with van der Waals surface area (Å²) in [6, 6.07) is 0. The molecule has 0 bridgehead atoms. The van der Waals surface area contributed by atoms with Crippen LogP contribution in [0, 0.1) is 0 Å². The molecule has 2 heterocycles. The summed E-state index contributed by atoms with van der Waals surface area (Å²) >= 11 is 1.28. The first-order chi connectivity index (χ1) is 6.75. The monoisotopic (exact) mass is 266 g/mol. The molecule has 1 aromatic rings. The maximum Gasteiger partial charge on any atom is 0.347 e. The zero-order chi connectivity index (χ0) is 9.97. The number of rotatable bonds is 3. The van der Waals surface area contributed by atoms with Gasteiger partial charge in [0.15, 0.2) is 0 Å². The Morgan fingerprint density at radius 1 is 1.50 bits per heavy atom. The molecule has 0 aliphatic carbocycles. The van der Waals surface area contributed by atoms with E-state index in [1.807, 2.05) is 0 Å². The Labute approximate surface area is 104 Å². The summed E-state index contributed by atoms with van der Waals surface area (Å²) in [4.78, 5) is 17.3. The van der Waals surface area contributed by atoms with Crippen LogP contribution in [0.25, 0.3) is 0 Å². The minimum atomic E-state index is -0.879. The molecule has 1 aromatic heterocycles. The number of hydrogen-bond acceptors (Lipinski definition) is 4. The molecule has 0 unspecified atom stereocenters. The number of thiazole rings is 1. The van der Waals surface area contributed by atoms with Crippen molar-refractivity contribution < 1.29 is 15.4 Å². The van der Waals surface area contributed by atoms with E-state index in [-0.39, 0.29) is 17.9 Å². The molecule has 5 nitrogen and oxygen atoms in total. The van der Waals surface area contributed by atoms with Crippen LogP contribution in [-0.4, -0.2) is 39.5 Å². The first kappa shape index (κ1) is 15.3. The van der Waals surface area contributed by atoms with Crippen molar-refractivity contribution in [3.8, 4) is 0 Å². The van der Waals surface area contributed by atoms with Crippen LogP contribution in [0.4, 0.5) is 0 Å². The van der Waals surface area contributed by atoms with Crippen LogP contribution in [0.2, 0.25) is 0 Å². The number of carboxylic acids is 1. The zero-order valence-corrected chi connectivity index (χ0v) is 10.3.